The van der Waals surface area contributed by atoms with E-state index < -0.39 is 0 Å². The first-order valence-corrected chi connectivity index (χ1v) is 25.0. The van der Waals surface area contributed by atoms with Crippen molar-refractivity contribution in [3.8, 4) is 0 Å². The Hall–Kier alpha value is -4.77. The van der Waals surface area contributed by atoms with Gasteiger partial charge in [0.2, 0.25) is 0 Å². The van der Waals surface area contributed by atoms with Crippen molar-refractivity contribution >= 4 is 65.7 Å². The fraction of sp³-hybridized carbons (Fsp3) is 0.339. The number of benzene rings is 5. The predicted molar refractivity (Wildman–Crippen MR) is 276 cm³/mol. The minimum Gasteiger partial charge on any atom is -0.466 e. The zero-order chi connectivity index (χ0) is 45.1. The summed E-state index contributed by atoms with van der Waals surface area (Å²) in [4.78, 5) is 23.6. The topological polar surface area (TPSA) is 76.4 Å². The summed E-state index contributed by atoms with van der Waals surface area (Å²) < 4.78 is 6.96. The van der Waals surface area contributed by atoms with Crippen LogP contribution in [0, 0.1) is 13.8 Å². The maximum absolute atomic E-state index is 11.3. The molecule has 3 unspecified atom stereocenters. The van der Waals surface area contributed by atoms with Gasteiger partial charge in [-0.05, 0) is 161 Å². The number of nitrogens with one attached hydrogen (secondary N) is 3. The Morgan fingerprint density at radius 2 is 1.11 bits per heavy atom. The minimum absolute atomic E-state index is 0.330. The Kier molecular flexibility index (Phi) is 16.3. The van der Waals surface area contributed by atoms with Crippen LogP contribution in [-0.4, -0.2) is 65.6 Å². The lowest BCUT2D eigenvalue weighted by atomic mass is 10.0. The number of para-hydroxylation sites is 2. The second-order valence-electron chi connectivity index (χ2n) is 17.7. The number of hydrogen-bond acceptors (Lipinski definition) is 5. The van der Waals surface area contributed by atoms with E-state index in [2.05, 4.69) is 197 Å². The molecule has 3 saturated heterocycles. The summed E-state index contributed by atoms with van der Waals surface area (Å²) in [5.74, 6) is -0.330. The van der Waals surface area contributed by atoms with Gasteiger partial charge < -0.3 is 20.0 Å². The van der Waals surface area contributed by atoms with Crippen LogP contribution in [0.2, 0.25) is 0 Å². The van der Waals surface area contributed by atoms with Gasteiger partial charge in [-0.2, -0.15) is 0 Å². The molecule has 3 atom stereocenters. The number of ether oxygens (including phenoxy) is 1. The molecule has 7 aromatic rings. The van der Waals surface area contributed by atoms with Gasteiger partial charge in [-0.25, -0.2) is 4.79 Å². The van der Waals surface area contributed by atoms with E-state index in [4.69, 9.17) is 0 Å². The zero-order valence-electron chi connectivity index (χ0n) is 38.1. The molecule has 0 bridgehead atoms. The van der Waals surface area contributed by atoms with E-state index in [0.717, 1.165) is 47.0 Å². The number of nitrogens with zero attached hydrogens (tertiary/aromatic N) is 2. The Labute approximate surface area is 402 Å². The van der Waals surface area contributed by atoms with Crippen molar-refractivity contribution in [2.75, 3.05) is 39.8 Å². The number of esters is 1. The molecule has 10 rings (SSSR count). The number of carbonyl (C=O) groups excluding carboxylic acids is 1. The molecule has 9 heteroatoms. The Balaban J connectivity index is 0.000000143. The molecule has 65 heavy (non-hydrogen) atoms. The molecule has 5 aromatic carbocycles. The molecule has 0 amide bonds. The Morgan fingerprint density at radius 1 is 0.631 bits per heavy atom. The van der Waals surface area contributed by atoms with Gasteiger partial charge in [-0.15, -0.1) is 0 Å². The third-order valence-corrected chi connectivity index (χ3v) is 14.7. The molecule has 0 aliphatic carbocycles. The Morgan fingerprint density at radius 3 is 1.58 bits per heavy atom. The molecule has 0 radical (unpaired) electrons. The summed E-state index contributed by atoms with van der Waals surface area (Å²) in [6, 6.07) is 44.9. The van der Waals surface area contributed by atoms with Gasteiger partial charge in [0.25, 0.3) is 0 Å². The molecular formula is C56H63Br2N5O2. The van der Waals surface area contributed by atoms with E-state index in [9.17, 15) is 4.79 Å². The van der Waals surface area contributed by atoms with E-state index in [1.165, 1.54) is 126 Å². The van der Waals surface area contributed by atoms with Crippen LogP contribution in [0.5, 0.6) is 0 Å². The number of aromatic amines is 2. The first kappa shape index (κ1) is 46.7. The highest BCUT2D eigenvalue weighted by Gasteiger charge is 2.27. The molecule has 3 N–H and O–H groups in total. The minimum atomic E-state index is -0.330. The smallest absolute Gasteiger partial charge is 0.330 e. The van der Waals surface area contributed by atoms with Crippen molar-refractivity contribution in [3.05, 3.63) is 181 Å². The van der Waals surface area contributed by atoms with Crippen molar-refractivity contribution in [1.82, 2.24) is 25.1 Å². The normalized spacial score (nSPS) is 18.8. The van der Waals surface area contributed by atoms with Crippen molar-refractivity contribution in [3.63, 3.8) is 0 Å². The summed E-state index contributed by atoms with van der Waals surface area (Å²) in [5, 5.41) is 6.21. The van der Waals surface area contributed by atoms with Gasteiger partial charge in [-0.3, -0.25) is 9.80 Å². The predicted octanol–water partition coefficient (Wildman–Crippen LogP) is 13.5. The number of carbonyl (C=O) groups is 1. The van der Waals surface area contributed by atoms with E-state index >= 15 is 0 Å². The molecule has 3 fully saturated rings. The lowest BCUT2D eigenvalue weighted by Gasteiger charge is -2.25. The summed E-state index contributed by atoms with van der Waals surface area (Å²) in [7, 11) is 1.39. The number of likely N-dealkylation sites (tertiary alicyclic amines) is 2. The molecule has 2 aromatic heterocycles. The van der Waals surface area contributed by atoms with Crippen molar-refractivity contribution in [2.45, 2.75) is 83.3 Å². The number of hydrogen-bond donors (Lipinski definition) is 3. The summed E-state index contributed by atoms with van der Waals surface area (Å²) >= 11 is 6.97. The van der Waals surface area contributed by atoms with Crippen molar-refractivity contribution in [2.24, 2.45) is 0 Å². The van der Waals surface area contributed by atoms with Crippen LogP contribution in [0.25, 0.3) is 27.9 Å². The summed E-state index contributed by atoms with van der Waals surface area (Å²) in [6.45, 7) is 10.1. The highest BCUT2D eigenvalue weighted by atomic mass is 79.9. The molecule has 3 aliphatic rings. The van der Waals surface area contributed by atoms with Gasteiger partial charge in [0.1, 0.15) is 0 Å². The van der Waals surface area contributed by atoms with Crippen LogP contribution >= 0.6 is 31.9 Å². The maximum Gasteiger partial charge on any atom is 0.330 e. The second-order valence-corrected chi connectivity index (χ2v) is 19.5. The van der Waals surface area contributed by atoms with Crippen LogP contribution in [-0.2, 0) is 22.4 Å². The van der Waals surface area contributed by atoms with E-state index in [1.807, 2.05) is 0 Å². The molecule has 0 saturated carbocycles. The largest absolute Gasteiger partial charge is 0.466 e. The van der Waals surface area contributed by atoms with Crippen LogP contribution in [0.4, 0.5) is 0 Å². The quantitative estimate of drug-likeness (QED) is 0.0889. The van der Waals surface area contributed by atoms with Gasteiger partial charge in [0, 0.05) is 79.4 Å². The lowest BCUT2D eigenvalue weighted by molar-refractivity contribution is -0.134. The van der Waals surface area contributed by atoms with Crippen molar-refractivity contribution in [1.29, 1.82) is 0 Å². The molecule has 3 aliphatic heterocycles. The summed E-state index contributed by atoms with van der Waals surface area (Å²) in [6.07, 6.45) is 13.0. The van der Waals surface area contributed by atoms with Crippen LogP contribution in [0.1, 0.15) is 101 Å². The van der Waals surface area contributed by atoms with Gasteiger partial charge in [0.05, 0.1) is 7.11 Å². The lowest BCUT2D eigenvalue weighted by Crippen LogP contribution is -2.25. The number of aromatic nitrogens is 2. The first-order chi connectivity index (χ1) is 31.7. The highest BCUT2D eigenvalue weighted by Crippen LogP contribution is 2.35. The van der Waals surface area contributed by atoms with E-state index in [0.29, 0.717) is 18.1 Å². The number of methoxy groups -OCH3 is 1. The highest BCUT2D eigenvalue weighted by molar-refractivity contribution is 9.10. The first-order valence-electron chi connectivity index (χ1n) is 23.4. The number of fused-ring (bicyclic) bond motifs is 2. The third kappa shape index (κ3) is 12.0. The number of H-pyrrole nitrogens is 2. The number of rotatable bonds is 11. The number of halogens is 2. The summed E-state index contributed by atoms with van der Waals surface area (Å²) in [5.41, 5.74) is 13.2. The van der Waals surface area contributed by atoms with E-state index in [1.54, 1.807) is 6.08 Å². The zero-order valence-corrected chi connectivity index (χ0v) is 41.3. The van der Waals surface area contributed by atoms with E-state index in [-0.39, 0.29) is 5.97 Å². The molecule has 0 spiro atoms. The monoisotopic (exact) mass is 995 g/mol. The van der Waals surface area contributed by atoms with Gasteiger partial charge >= 0.3 is 5.97 Å². The molecule has 338 valence electrons. The molecular weight excluding hydrogens is 934 g/mol. The van der Waals surface area contributed by atoms with Crippen molar-refractivity contribution < 1.29 is 9.53 Å². The molecule has 5 heterocycles. The maximum atomic E-state index is 11.3. The fourth-order valence-corrected chi connectivity index (χ4v) is 10.7. The third-order valence-electron chi connectivity index (χ3n) is 13.6. The number of aryl methyl sites for hydroxylation is 2. The standard InChI is InChI=1S/C25H28N2O2.C21H23BrN2.C10H12BrN/c1-18-21(22-6-3-4-7-23(22)26-18)15-17-27-16-5-8-24(27)20-12-9-19(10-13-20)11-14-25(28)29-2;1-15-18(19-5-2-3-6-20(19)23-15)12-14-24-13-4-7-21(24)16-8-10-17(22)11-9-16;11-9-5-3-8(4-6-9)10-2-1-7-12-10/h3-4,6-7,9-14,24,26H,5,8,15-17H2,1-2H3;2-3,5-6,8-11,21,23H,4,7,12-14H2,1H3;3-6,10,12H,1-2,7H2/b14-11+;;. The van der Waals surface area contributed by atoms with Crippen LogP contribution in [0.3, 0.4) is 0 Å². The average molecular weight is 998 g/mol. The SMILES string of the molecule is Brc1ccc(C2CCCN2)cc1.COC(=O)/C=C/c1ccc(C2CCCN2CCc2c(C)[nH]c3ccccc23)cc1.Cc1[nH]c2ccccc2c1CCN1CCCC1c1ccc(Br)cc1. The second kappa shape index (κ2) is 22.6. The van der Waals surface area contributed by atoms with Crippen LogP contribution < -0.4 is 5.32 Å². The average Bonchev–Trinajstić information content (AvgIpc) is 4.20. The Bertz CT molecular complexity index is 2640. The van der Waals surface area contributed by atoms with Gasteiger partial charge in [-0.1, -0.05) is 117 Å². The van der Waals surface area contributed by atoms with Crippen LogP contribution in [0.15, 0.2) is 136 Å². The fourth-order valence-electron chi connectivity index (χ4n) is 10.2. The van der Waals surface area contributed by atoms with Gasteiger partial charge in [0.15, 0.2) is 0 Å². The molecule has 7 nitrogen and oxygen atoms in total.